The van der Waals surface area contributed by atoms with Crippen LogP contribution in [0, 0.1) is 5.92 Å². The molecule has 0 saturated carbocycles. The van der Waals surface area contributed by atoms with Crippen molar-refractivity contribution in [2.75, 3.05) is 33.4 Å². The quantitative estimate of drug-likeness (QED) is 0.873. The van der Waals surface area contributed by atoms with Gasteiger partial charge in [0.25, 0.3) is 0 Å². The molecule has 26 heavy (non-hydrogen) atoms. The largest absolute Gasteiger partial charge is 0.497 e. The number of nitrogens with zero attached hydrogens (tertiary/aromatic N) is 1. The molecule has 1 atom stereocenters. The average molecular weight is 362 g/mol. The number of likely N-dealkylation sites (tertiary alicyclic amines) is 1. The third-order valence-electron chi connectivity index (χ3n) is 5.04. The van der Waals surface area contributed by atoms with Crippen LogP contribution in [0.4, 0.5) is 4.79 Å². The zero-order valence-corrected chi connectivity index (χ0v) is 16.0. The van der Waals surface area contributed by atoms with Gasteiger partial charge in [0.05, 0.1) is 19.8 Å². The highest BCUT2D eigenvalue weighted by Crippen LogP contribution is 2.30. The van der Waals surface area contributed by atoms with E-state index in [2.05, 4.69) is 11.4 Å². The summed E-state index contributed by atoms with van der Waals surface area (Å²) < 4.78 is 16.4. The predicted octanol–water partition coefficient (Wildman–Crippen LogP) is 2.85. The molecular formula is C20H30N2O4. The van der Waals surface area contributed by atoms with Crippen LogP contribution in [0.5, 0.6) is 11.5 Å². The number of benzene rings is 1. The first-order valence-corrected chi connectivity index (χ1v) is 9.53. The highest BCUT2D eigenvalue weighted by molar-refractivity contribution is 5.67. The molecule has 2 aliphatic rings. The van der Waals surface area contributed by atoms with Gasteiger partial charge >= 0.3 is 6.09 Å². The van der Waals surface area contributed by atoms with E-state index in [4.69, 9.17) is 14.2 Å². The second-order valence-corrected chi connectivity index (χ2v) is 7.46. The molecule has 1 saturated heterocycles. The summed E-state index contributed by atoms with van der Waals surface area (Å²) in [5.74, 6) is 2.25. The molecule has 2 aliphatic heterocycles. The Morgan fingerprint density at radius 2 is 2.12 bits per heavy atom. The lowest BCUT2D eigenvalue weighted by Gasteiger charge is -2.33. The van der Waals surface area contributed by atoms with Crippen molar-refractivity contribution in [1.29, 1.82) is 0 Å². The van der Waals surface area contributed by atoms with Crippen LogP contribution in [0.15, 0.2) is 18.2 Å². The third kappa shape index (κ3) is 4.81. The van der Waals surface area contributed by atoms with Gasteiger partial charge in [0.2, 0.25) is 0 Å². The number of nitrogens with one attached hydrogen (secondary N) is 1. The minimum atomic E-state index is -0.189. The number of rotatable bonds is 5. The van der Waals surface area contributed by atoms with Crippen LogP contribution < -0.4 is 14.8 Å². The van der Waals surface area contributed by atoms with E-state index < -0.39 is 0 Å². The normalized spacial score (nSPS) is 20.5. The SMILES string of the molecule is COc1ccc2c(c1)OC[C@H](CNC1CCN(C(=O)OC(C)C)CC1)C2. The van der Waals surface area contributed by atoms with E-state index in [1.807, 2.05) is 30.9 Å². The van der Waals surface area contributed by atoms with Crippen molar-refractivity contribution in [2.24, 2.45) is 5.92 Å². The second kappa shape index (κ2) is 8.62. The Morgan fingerprint density at radius 1 is 1.35 bits per heavy atom. The van der Waals surface area contributed by atoms with Crippen molar-refractivity contribution in [3.8, 4) is 11.5 Å². The average Bonchev–Trinajstić information content (AvgIpc) is 2.65. The lowest BCUT2D eigenvalue weighted by Crippen LogP contribution is -2.47. The molecule has 1 aromatic rings. The molecule has 6 nitrogen and oxygen atoms in total. The Bertz CT molecular complexity index is 612. The molecule has 1 amide bonds. The number of methoxy groups -OCH3 is 1. The molecule has 1 N–H and O–H groups in total. The molecule has 0 aromatic heterocycles. The summed E-state index contributed by atoms with van der Waals surface area (Å²) in [7, 11) is 1.67. The molecule has 6 heteroatoms. The molecular weight excluding hydrogens is 332 g/mol. The summed E-state index contributed by atoms with van der Waals surface area (Å²) in [6, 6.07) is 6.50. The van der Waals surface area contributed by atoms with Crippen molar-refractivity contribution in [1.82, 2.24) is 10.2 Å². The Morgan fingerprint density at radius 3 is 2.81 bits per heavy atom. The maximum atomic E-state index is 11.9. The van der Waals surface area contributed by atoms with Gasteiger partial charge in [-0.1, -0.05) is 6.07 Å². The predicted molar refractivity (Wildman–Crippen MR) is 99.9 cm³/mol. The van der Waals surface area contributed by atoms with Crippen molar-refractivity contribution >= 4 is 6.09 Å². The van der Waals surface area contributed by atoms with Crippen LogP contribution in [0.1, 0.15) is 32.3 Å². The number of carbonyl (C=O) groups excluding carboxylic acids is 1. The fraction of sp³-hybridized carbons (Fsp3) is 0.650. The van der Waals surface area contributed by atoms with E-state index in [-0.39, 0.29) is 12.2 Å². The van der Waals surface area contributed by atoms with Crippen LogP contribution in [0.25, 0.3) is 0 Å². The summed E-state index contributed by atoms with van der Waals surface area (Å²) in [6.45, 7) is 6.94. The van der Waals surface area contributed by atoms with E-state index in [9.17, 15) is 4.79 Å². The van der Waals surface area contributed by atoms with Gasteiger partial charge in [-0.15, -0.1) is 0 Å². The number of hydrogen-bond acceptors (Lipinski definition) is 5. The smallest absolute Gasteiger partial charge is 0.410 e. The van der Waals surface area contributed by atoms with Crippen LogP contribution in [-0.2, 0) is 11.2 Å². The minimum absolute atomic E-state index is 0.0625. The molecule has 3 rings (SSSR count). The van der Waals surface area contributed by atoms with Crippen molar-refractivity contribution in [3.63, 3.8) is 0 Å². The highest BCUT2D eigenvalue weighted by atomic mass is 16.6. The Labute approximate surface area is 155 Å². The van der Waals surface area contributed by atoms with Crippen LogP contribution in [-0.4, -0.2) is 56.5 Å². The first-order chi connectivity index (χ1) is 12.5. The topological polar surface area (TPSA) is 60.0 Å². The maximum absolute atomic E-state index is 11.9. The third-order valence-corrected chi connectivity index (χ3v) is 5.04. The Hall–Kier alpha value is -1.95. The fourth-order valence-corrected chi connectivity index (χ4v) is 3.55. The molecule has 0 aliphatic carbocycles. The Kier molecular flexibility index (Phi) is 6.25. The molecule has 0 radical (unpaired) electrons. The van der Waals surface area contributed by atoms with E-state index >= 15 is 0 Å². The van der Waals surface area contributed by atoms with Gasteiger partial charge in [0.15, 0.2) is 0 Å². The van der Waals surface area contributed by atoms with Crippen molar-refractivity contribution in [3.05, 3.63) is 23.8 Å². The molecule has 1 fully saturated rings. The molecule has 1 aromatic carbocycles. The zero-order chi connectivity index (χ0) is 18.5. The van der Waals surface area contributed by atoms with Gasteiger partial charge in [-0.25, -0.2) is 4.79 Å². The van der Waals surface area contributed by atoms with Gasteiger partial charge in [-0.3, -0.25) is 0 Å². The summed E-state index contributed by atoms with van der Waals surface area (Å²) in [4.78, 5) is 13.8. The van der Waals surface area contributed by atoms with Gasteiger partial charge in [0, 0.05) is 37.7 Å². The summed E-state index contributed by atoms with van der Waals surface area (Å²) in [5, 5.41) is 3.66. The van der Waals surface area contributed by atoms with Gasteiger partial charge in [0.1, 0.15) is 11.5 Å². The number of ether oxygens (including phenoxy) is 3. The minimum Gasteiger partial charge on any atom is -0.497 e. The lowest BCUT2D eigenvalue weighted by atomic mass is 9.95. The highest BCUT2D eigenvalue weighted by Gasteiger charge is 2.26. The van der Waals surface area contributed by atoms with Gasteiger partial charge in [-0.2, -0.15) is 0 Å². The summed E-state index contributed by atoms with van der Waals surface area (Å²) in [6.07, 6.45) is 2.70. The summed E-state index contributed by atoms with van der Waals surface area (Å²) >= 11 is 0. The van der Waals surface area contributed by atoms with E-state index in [0.717, 1.165) is 57.0 Å². The first kappa shape index (κ1) is 18.8. The van der Waals surface area contributed by atoms with Crippen LogP contribution >= 0.6 is 0 Å². The van der Waals surface area contributed by atoms with E-state index in [1.165, 1.54) is 5.56 Å². The molecule has 0 bridgehead atoms. The maximum Gasteiger partial charge on any atom is 0.410 e. The molecule has 0 unspecified atom stereocenters. The molecule has 144 valence electrons. The van der Waals surface area contributed by atoms with Gasteiger partial charge in [-0.05, 0) is 44.7 Å². The Balaban J connectivity index is 1.41. The molecule has 0 spiro atoms. The number of carbonyl (C=O) groups is 1. The first-order valence-electron chi connectivity index (χ1n) is 9.53. The second-order valence-electron chi connectivity index (χ2n) is 7.46. The van der Waals surface area contributed by atoms with Crippen molar-refractivity contribution < 1.29 is 19.0 Å². The number of hydrogen-bond donors (Lipinski definition) is 1. The number of piperidine rings is 1. The van der Waals surface area contributed by atoms with E-state index in [1.54, 1.807) is 7.11 Å². The van der Waals surface area contributed by atoms with Gasteiger partial charge < -0.3 is 24.4 Å². The lowest BCUT2D eigenvalue weighted by molar-refractivity contribution is 0.0674. The van der Waals surface area contributed by atoms with Crippen LogP contribution in [0.3, 0.4) is 0 Å². The zero-order valence-electron chi connectivity index (χ0n) is 16.0. The molecule has 2 heterocycles. The van der Waals surface area contributed by atoms with Crippen LogP contribution in [0.2, 0.25) is 0 Å². The monoisotopic (exact) mass is 362 g/mol. The van der Waals surface area contributed by atoms with E-state index in [0.29, 0.717) is 12.0 Å². The summed E-state index contributed by atoms with van der Waals surface area (Å²) in [5.41, 5.74) is 1.25. The number of fused-ring (bicyclic) bond motifs is 1. The standard InChI is InChI=1S/C20H30N2O4/c1-14(2)26-20(23)22-8-6-17(7-9-22)21-12-15-10-16-4-5-18(24-3)11-19(16)25-13-15/h4-5,11,14-15,17,21H,6-10,12-13H2,1-3H3/t15-/m0/s1. The fourth-order valence-electron chi connectivity index (χ4n) is 3.55. The number of amides is 1. The van der Waals surface area contributed by atoms with Crippen molar-refractivity contribution in [2.45, 2.75) is 45.3 Å².